The van der Waals surface area contributed by atoms with Crippen LogP contribution < -0.4 is 0 Å². The van der Waals surface area contributed by atoms with Gasteiger partial charge in [0.1, 0.15) is 0 Å². The largest absolute Gasteiger partial charge is 0.390 e. The second-order valence-electron chi connectivity index (χ2n) is 3.63. The monoisotopic (exact) mass is 401 g/mol. The fourth-order valence-corrected chi connectivity index (χ4v) is 1.74. The summed E-state index contributed by atoms with van der Waals surface area (Å²) in [6.07, 6.45) is -0.543. The summed E-state index contributed by atoms with van der Waals surface area (Å²) in [7, 11) is 0. The maximum atomic E-state index is 9.64. The summed E-state index contributed by atoms with van der Waals surface area (Å²) in [6, 6.07) is 0. The van der Waals surface area contributed by atoms with Crippen molar-refractivity contribution in [1.29, 1.82) is 0 Å². The van der Waals surface area contributed by atoms with Crippen molar-refractivity contribution in [3.8, 4) is 0 Å². The van der Waals surface area contributed by atoms with Gasteiger partial charge in [0.15, 0.2) is 0 Å². The molecule has 2 unspecified atom stereocenters. The summed E-state index contributed by atoms with van der Waals surface area (Å²) in [5, 5.41) is 19.2. The van der Waals surface area contributed by atoms with Gasteiger partial charge in [-0.2, -0.15) is 0 Å². The molecule has 1 heterocycles. The Bertz CT molecular complexity index is 149. The molecule has 1 rings (SSSR count). The smallest absolute Gasteiger partial charge is 0.0852 e. The Labute approximate surface area is 115 Å². The Morgan fingerprint density at radius 3 is 2.15 bits per heavy atom. The van der Waals surface area contributed by atoms with Crippen molar-refractivity contribution in [2.45, 2.75) is 51.6 Å². The summed E-state index contributed by atoms with van der Waals surface area (Å²) >= 11 is 0. The minimum absolute atomic E-state index is 0. The van der Waals surface area contributed by atoms with Crippen LogP contribution in [0.15, 0.2) is 0 Å². The van der Waals surface area contributed by atoms with E-state index in [1.165, 1.54) is 0 Å². The van der Waals surface area contributed by atoms with Crippen LogP contribution in [-0.4, -0.2) is 34.6 Å². The SMILES string of the molecule is CCC1O[C@@H](C)C(O)[C@@H](C)[C@H]1O.[Ac]. The number of hydrogen-bond acceptors (Lipinski definition) is 3. The number of aliphatic hydroxyl groups is 2. The fraction of sp³-hybridized carbons (Fsp3) is 1.00. The van der Waals surface area contributed by atoms with Gasteiger partial charge in [-0.15, -0.1) is 0 Å². The summed E-state index contributed by atoms with van der Waals surface area (Å²) in [4.78, 5) is 0. The first-order valence-corrected chi connectivity index (χ1v) is 4.59. The second-order valence-corrected chi connectivity index (χ2v) is 3.63. The summed E-state index contributed by atoms with van der Waals surface area (Å²) in [6.45, 7) is 5.68. The molecule has 13 heavy (non-hydrogen) atoms. The van der Waals surface area contributed by atoms with Crippen LogP contribution in [-0.2, 0) is 4.74 Å². The molecule has 75 valence electrons. The second kappa shape index (κ2) is 6.03. The average molecular weight is 401 g/mol. The van der Waals surface area contributed by atoms with Crippen LogP contribution in [0.4, 0.5) is 0 Å². The maximum Gasteiger partial charge on any atom is 0.0852 e. The molecule has 0 aromatic heterocycles. The zero-order valence-corrected chi connectivity index (χ0v) is 13.2. The molecule has 2 N–H and O–H groups in total. The van der Waals surface area contributed by atoms with E-state index in [2.05, 4.69) is 0 Å². The van der Waals surface area contributed by atoms with Gasteiger partial charge in [-0.05, 0) is 13.3 Å². The first-order valence-electron chi connectivity index (χ1n) is 4.59. The van der Waals surface area contributed by atoms with Gasteiger partial charge in [-0.3, -0.25) is 0 Å². The molecule has 0 amide bonds. The van der Waals surface area contributed by atoms with Gasteiger partial charge >= 0.3 is 0 Å². The molecule has 0 aliphatic carbocycles. The standard InChI is InChI=1S/C9H18O3.Ac/c1-4-7-9(11)5(2)8(10)6(3)12-7;/h5-11H,4H2,1-3H3;/t5-,6+,7?,8?,9-;/m1./s1. The average Bonchev–Trinajstić information content (AvgIpc) is 2.08. The van der Waals surface area contributed by atoms with Crippen molar-refractivity contribution in [2.24, 2.45) is 5.92 Å². The molecule has 1 aliphatic rings. The predicted octanol–water partition coefficient (Wildman–Crippen LogP) is 0.542. The third-order valence-corrected chi connectivity index (χ3v) is 2.73. The van der Waals surface area contributed by atoms with Crippen molar-refractivity contribution < 1.29 is 59.0 Å². The summed E-state index contributed by atoms with van der Waals surface area (Å²) < 4.78 is 5.43. The molecule has 4 heteroatoms. The summed E-state index contributed by atoms with van der Waals surface area (Å²) in [5.41, 5.74) is 0. The molecular weight excluding hydrogens is 383 g/mol. The molecule has 0 aromatic carbocycles. The minimum atomic E-state index is -0.539. The molecule has 0 saturated carbocycles. The van der Waals surface area contributed by atoms with E-state index in [0.29, 0.717) is 0 Å². The molecule has 1 radical (unpaired) electrons. The van der Waals surface area contributed by atoms with Gasteiger partial charge < -0.3 is 14.9 Å². The van der Waals surface area contributed by atoms with Crippen LogP contribution in [0, 0.1) is 50.0 Å². The first-order chi connectivity index (χ1) is 5.57. The fourth-order valence-electron chi connectivity index (χ4n) is 1.74. The van der Waals surface area contributed by atoms with Crippen LogP contribution in [0.3, 0.4) is 0 Å². The third kappa shape index (κ3) is 3.14. The Morgan fingerprint density at radius 2 is 1.69 bits per heavy atom. The minimum Gasteiger partial charge on any atom is -0.390 e. The van der Waals surface area contributed by atoms with E-state index in [-0.39, 0.29) is 62.2 Å². The Morgan fingerprint density at radius 1 is 1.15 bits per heavy atom. The summed E-state index contributed by atoms with van der Waals surface area (Å²) in [5.74, 6) is -0.0845. The van der Waals surface area contributed by atoms with Gasteiger partial charge in [0.25, 0.3) is 0 Å². The molecule has 1 aliphatic heterocycles. The number of aliphatic hydroxyl groups excluding tert-OH is 2. The molecule has 0 aromatic rings. The van der Waals surface area contributed by atoms with Crippen molar-refractivity contribution in [2.75, 3.05) is 0 Å². The van der Waals surface area contributed by atoms with Gasteiger partial charge in [0.05, 0.1) is 24.4 Å². The van der Waals surface area contributed by atoms with E-state index < -0.39 is 12.2 Å². The van der Waals surface area contributed by atoms with E-state index in [0.717, 1.165) is 6.42 Å². The van der Waals surface area contributed by atoms with Gasteiger partial charge in [0.2, 0.25) is 0 Å². The Balaban J connectivity index is 0.00000144. The zero-order valence-electron chi connectivity index (χ0n) is 8.47. The zero-order chi connectivity index (χ0) is 9.30. The predicted molar refractivity (Wildman–Crippen MR) is 45.8 cm³/mol. The molecule has 1 fully saturated rings. The van der Waals surface area contributed by atoms with E-state index in [1.807, 2.05) is 20.8 Å². The normalized spacial score (nSPS) is 45.5. The first kappa shape index (κ1) is 14.3. The van der Waals surface area contributed by atoms with Crippen LogP contribution in [0.5, 0.6) is 0 Å². The van der Waals surface area contributed by atoms with E-state index in [9.17, 15) is 10.2 Å². The molecule has 0 spiro atoms. The molecule has 0 bridgehead atoms. The molecule has 3 nitrogen and oxygen atoms in total. The van der Waals surface area contributed by atoms with E-state index in [1.54, 1.807) is 0 Å². The van der Waals surface area contributed by atoms with Crippen LogP contribution in [0.1, 0.15) is 27.2 Å². The number of rotatable bonds is 1. The van der Waals surface area contributed by atoms with Crippen molar-refractivity contribution >= 4 is 0 Å². The van der Waals surface area contributed by atoms with Crippen LogP contribution in [0.25, 0.3) is 0 Å². The van der Waals surface area contributed by atoms with E-state index >= 15 is 0 Å². The van der Waals surface area contributed by atoms with Crippen molar-refractivity contribution in [3.05, 3.63) is 0 Å². The van der Waals surface area contributed by atoms with E-state index in [4.69, 9.17) is 4.74 Å². The van der Waals surface area contributed by atoms with Gasteiger partial charge in [-0.25, -0.2) is 0 Å². The topological polar surface area (TPSA) is 49.7 Å². The van der Waals surface area contributed by atoms with Crippen LogP contribution >= 0.6 is 0 Å². The molecule has 1 saturated heterocycles. The van der Waals surface area contributed by atoms with Gasteiger partial charge in [-0.1, -0.05) is 13.8 Å². The van der Waals surface area contributed by atoms with Crippen LogP contribution in [0.2, 0.25) is 0 Å². The quantitative estimate of drug-likeness (QED) is 0.675. The van der Waals surface area contributed by atoms with Crippen molar-refractivity contribution in [3.63, 3.8) is 0 Å². The maximum absolute atomic E-state index is 9.64. The Hall–Kier alpha value is 1.32. The van der Waals surface area contributed by atoms with Gasteiger partial charge in [0, 0.05) is 50.0 Å². The third-order valence-electron chi connectivity index (χ3n) is 2.73. The van der Waals surface area contributed by atoms with Crippen molar-refractivity contribution in [1.82, 2.24) is 0 Å². The molecule has 5 atom stereocenters. The number of hydrogen-bond donors (Lipinski definition) is 2. The Kier molecular flexibility index (Phi) is 6.64. The molecular formula is C9H18AcO3. The number of ether oxygens (including phenoxy) is 1.